The van der Waals surface area contributed by atoms with Gasteiger partial charge in [-0.2, -0.15) is 0 Å². The van der Waals surface area contributed by atoms with Crippen LogP contribution in [0.5, 0.6) is 0 Å². The predicted molar refractivity (Wildman–Crippen MR) is 257 cm³/mol. The molecule has 0 fully saturated rings. The van der Waals surface area contributed by atoms with Crippen LogP contribution in [0.3, 0.4) is 0 Å². The van der Waals surface area contributed by atoms with Crippen molar-refractivity contribution in [2.75, 3.05) is 26.4 Å². The molecule has 11 heteroatoms. The first-order valence-electron chi connectivity index (χ1n) is 26.1. The molecule has 366 valence electrons. The number of carbonyl (C=O) groups is 3. The van der Waals surface area contributed by atoms with E-state index in [-0.39, 0.29) is 38.5 Å². The van der Waals surface area contributed by atoms with Crippen molar-refractivity contribution < 1.29 is 42.4 Å². The van der Waals surface area contributed by atoms with Gasteiger partial charge in [0.15, 0.2) is 6.10 Å². The Morgan fingerprint density at radius 3 is 1.29 bits per heavy atom. The van der Waals surface area contributed by atoms with Gasteiger partial charge in [0.05, 0.1) is 13.2 Å². The van der Waals surface area contributed by atoms with Crippen LogP contribution in [-0.4, -0.2) is 55.2 Å². The molecule has 0 aliphatic rings. The second-order valence-corrected chi connectivity index (χ2v) is 19.1. The standard InChI is InChI=1S/C51H98NO9P/c1-4-7-10-13-16-19-21-23-24-26-28-31-34-37-40-43-51(55)61-48(46-58-50(54)42-39-36-33-30-27-25-22-20-17-14-11-8-5-2)47-60-62(56,57)59-45-44-52-49(53)41-38-35-32-29-18-15-12-9-6-3/h23-24,48H,4-22,25-47H2,1-3H3,(H,52,53)(H,56,57)/b24-23-/t48-/m1/s1. The molecule has 2 atom stereocenters. The Morgan fingerprint density at radius 1 is 0.484 bits per heavy atom. The molecule has 0 aliphatic heterocycles. The zero-order valence-corrected chi connectivity index (χ0v) is 41.5. The number of phosphoric ester groups is 1. The minimum absolute atomic E-state index is 0.0648. The summed E-state index contributed by atoms with van der Waals surface area (Å²) in [5.41, 5.74) is 0. The molecule has 0 saturated heterocycles. The SMILES string of the molecule is CCCCCCCC/C=C\CCCCCCCC(=O)O[C@H](COC(=O)CCCCCCCCCCCCCCC)COP(=O)(O)OCCNC(=O)CCCCCCCCCCC. The van der Waals surface area contributed by atoms with Gasteiger partial charge in [-0.15, -0.1) is 0 Å². The predicted octanol–water partition coefficient (Wildman–Crippen LogP) is 15.1. The van der Waals surface area contributed by atoms with E-state index in [0.717, 1.165) is 70.6 Å². The topological polar surface area (TPSA) is 137 Å². The van der Waals surface area contributed by atoms with Crippen LogP contribution in [0.2, 0.25) is 0 Å². The Bertz CT molecular complexity index is 1090. The Morgan fingerprint density at radius 2 is 0.855 bits per heavy atom. The van der Waals surface area contributed by atoms with E-state index < -0.39 is 32.5 Å². The number of ether oxygens (including phenoxy) is 2. The molecule has 0 saturated carbocycles. The highest BCUT2D eigenvalue weighted by Gasteiger charge is 2.26. The molecule has 10 nitrogen and oxygen atoms in total. The molecule has 0 aromatic carbocycles. The number of amides is 1. The first-order valence-corrected chi connectivity index (χ1v) is 27.6. The van der Waals surface area contributed by atoms with Gasteiger partial charge in [-0.05, 0) is 44.9 Å². The summed E-state index contributed by atoms with van der Waals surface area (Å²) >= 11 is 0. The summed E-state index contributed by atoms with van der Waals surface area (Å²) in [6.07, 6.45) is 45.8. The lowest BCUT2D eigenvalue weighted by atomic mass is 10.0. The van der Waals surface area contributed by atoms with Crippen molar-refractivity contribution in [3.8, 4) is 0 Å². The van der Waals surface area contributed by atoms with Crippen molar-refractivity contribution in [3.63, 3.8) is 0 Å². The maximum Gasteiger partial charge on any atom is 0.472 e. The summed E-state index contributed by atoms with van der Waals surface area (Å²) in [7, 11) is -4.53. The molecule has 1 amide bonds. The molecule has 0 rings (SSSR count). The van der Waals surface area contributed by atoms with Crippen molar-refractivity contribution in [1.82, 2.24) is 5.32 Å². The first kappa shape index (κ1) is 60.3. The molecule has 0 aromatic rings. The maximum atomic E-state index is 12.8. The number of carbonyl (C=O) groups excluding carboxylic acids is 3. The van der Waals surface area contributed by atoms with Crippen LogP contribution in [0.1, 0.15) is 265 Å². The highest BCUT2D eigenvalue weighted by molar-refractivity contribution is 7.47. The van der Waals surface area contributed by atoms with Gasteiger partial charge in [-0.1, -0.05) is 213 Å². The Kier molecular flexibility index (Phi) is 45.9. The highest BCUT2D eigenvalue weighted by Crippen LogP contribution is 2.43. The first-order chi connectivity index (χ1) is 30.2. The van der Waals surface area contributed by atoms with Gasteiger partial charge in [0.2, 0.25) is 5.91 Å². The minimum Gasteiger partial charge on any atom is -0.462 e. The number of phosphoric acid groups is 1. The van der Waals surface area contributed by atoms with E-state index in [0.29, 0.717) is 12.8 Å². The molecule has 62 heavy (non-hydrogen) atoms. The van der Waals surface area contributed by atoms with Gasteiger partial charge < -0.3 is 19.7 Å². The van der Waals surface area contributed by atoms with E-state index in [9.17, 15) is 23.8 Å². The van der Waals surface area contributed by atoms with Gasteiger partial charge in [-0.25, -0.2) is 4.57 Å². The van der Waals surface area contributed by atoms with Crippen LogP contribution in [0.4, 0.5) is 0 Å². The summed E-state index contributed by atoms with van der Waals surface area (Å²) in [4.78, 5) is 47.9. The number of unbranched alkanes of at least 4 members (excludes halogenated alkanes) is 31. The highest BCUT2D eigenvalue weighted by atomic mass is 31.2. The van der Waals surface area contributed by atoms with E-state index in [1.165, 1.54) is 148 Å². The molecule has 0 spiro atoms. The largest absolute Gasteiger partial charge is 0.472 e. The van der Waals surface area contributed by atoms with E-state index in [1.54, 1.807) is 0 Å². The number of esters is 2. The maximum absolute atomic E-state index is 12.8. The third-order valence-electron chi connectivity index (χ3n) is 11.5. The quantitative estimate of drug-likeness (QED) is 0.0264. The van der Waals surface area contributed by atoms with Gasteiger partial charge in [0.25, 0.3) is 0 Å². The fourth-order valence-corrected chi connectivity index (χ4v) is 8.25. The summed E-state index contributed by atoms with van der Waals surface area (Å²) in [5.74, 6) is -0.982. The number of allylic oxidation sites excluding steroid dienone is 2. The zero-order valence-electron chi connectivity index (χ0n) is 40.6. The lowest BCUT2D eigenvalue weighted by Crippen LogP contribution is -2.30. The van der Waals surface area contributed by atoms with E-state index in [1.807, 2.05) is 0 Å². The number of nitrogens with one attached hydrogen (secondary N) is 1. The monoisotopic (exact) mass is 900 g/mol. The molecule has 0 radical (unpaired) electrons. The number of hydrogen-bond acceptors (Lipinski definition) is 8. The van der Waals surface area contributed by atoms with Crippen molar-refractivity contribution in [2.24, 2.45) is 0 Å². The van der Waals surface area contributed by atoms with Gasteiger partial charge in [-0.3, -0.25) is 23.4 Å². The van der Waals surface area contributed by atoms with Crippen molar-refractivity contribution in [2.45, 2.75) is 271 Å². The van der Waals surface area contributed by atoms with Gasteiger partial charge in [0.1, 0.15) is 6.61 Å². The molecule has 0 heterocycles. The normalized spacial score (nSPS) is 13.0. The van der Waals surface area contributed by atoms with Crippen molar-refractivity contribution in [1.29, 1.82) is 0 Å². The average molecular weight is 900 g/mol. The lowest BCUT2D eigenvalue weighted by molar-refractivity contribution is -0.161. The Labute approximate surface area is 381 Å². The van der Waals surface area contributed by atoms with Crippen molar-refractivity contribution >= 4 is 25.7 Å². The molecular formula is C51H98NO9P. The minimum atomic E-state index is -4.53. The third kappa shape index (κ3) is 46.3. The number of hydrogen-bond donors (Lipinski definition) is 2. The van der Waals surface area contributed by atoms with Crippen LogP contribution in [0, 0.1) is 0 Å². The third-order valence-corrected chi connectivity index (χ3v) is 12.4. The number of rotatable bonds is 49. The Hall–Kier alpha value is -1.74. The van der Waals surface area contributed by atoms with Gasteiger partial charge in [0, 0.05) is 25.8 Å². The second kappa shape index (κ2) is 47.2. The average Bonchev–Trinajstić information content (AvgIpc) is 3.25. The molecule has 0 bridgehead atoms. The molecule has 0 aliphatic carbocycles. The summed E-state index contributed by atoms with van der Waals surface area (Å²) in [6.45, 7) is 5.82. The second-order valence-electron chi connectivity index (χ2n) is 17.6. The van der Waals surface area contributed by atoms with E-state index in [2.05, 4.69) is 38.2 Å². The van der Waals surface area contributed by atoms with Crippen molar-refractivity contribution in [3.05, 3.63) is 12.2 Å². The molecule has 1 unspecified atom stereocenters. The Balaban J connectivity index is 4.54. The summed E-state index contributed by atoms with van der Waals surface area (Å²) in [6, 6.07) is 0. The summed E-state index contributed by atoms with van der Waals surface area (Å²) in [5, 5.41) is 2.72. The zero-order chi connectivity index (χ0) is 45.5. The van der Waals surface area contributed by atoms with Crippen LogP contribution >= 0.6 is 7.82 Å². The molecular weight excluding hydrogens is 802 g/mol. The fourth-order valence-electron chi connectivity index (χ4n) is 7.50. The molecule has 2 N–H and O–H groups in total. The van der Waals surface area contributed by atoms with Gasteiger partial charge >= 0.3 is 19.8 Å². The van der Waals surface area contributed by atoms with Crippen LogP contribution in [0.25, 0.3) is 0 Å². The van der Waals surface area contributed by atoms with E-state index in [4.69, 9.17) is 18.5 Å². The van der Waals surface area contributed by atoms with Crippen LogP contribution in [0.15, 0.2) is 12.2 Å². The smallest absolute Gasteiger partial charge is 0.462 e. The van der Waals surface area contributed by atoms with Crippen LogP contribution in [-0.2, 0) is 37.5 Å². The van der Waals surface area contributed by atoms with E-state index >= 15 is 0 Å². The fraction of sp³-hybridized carbons (Fsp3) is 0.902. The van der Waals surface area contributed by atoms with Crippen LogP contribution < -0.4 is 5.32 Å². The molecule has 0 aromatic heterocycles. The summed E-state index contributed by atoms with van der Waals surface area (Å²) < 4.78 is 33.9. The lowest BCUT2D eigenvalue weighted by Gasteiger charge is -2.20.